The summed E-state index contributed by atoms with van der Waals surface area (Å²) in [6.07, 6.45) is 3.11. The van der Waals surface area contributed by atoms with Crippen LogP contribution in [0.15, 0.2) is 47.6 Å². The van der Waals surface area contributed by atoms with Crippen LogP contribution in [-0.2, 0) is 4.79 Å². The Kier molecular flexibility index (Phi) is 7.22. The Bertz CT molecular complexity index is 1520. The van der Waals surface area contributed by atoms with Gasteiger partial charge in [-0.25, -0.2) is 14.2 Å². The van der Waals surface area contributed by atoms with Crippen molar-refractivity contribution in [3.63, 3.8) is 0 Å². The van der Waals surface area contributed by atoms with E-state index in [0.717, 1.165) is 6.20 Å². The van der Waals surface area contributed by atoms with E-state index in [0.29, 0.717) is 37.2 Å². The quantitative estimate of drug-likeness (QED) is 0.239. The third-order valence-corrected chi connectivity index (χ3v) is 6.76. The summed E-state index contributed by atoms with van der Waals surface area (Å²) in [5.74, 6) is -5.60. The van der Waals surface area contributed by atoms with Crippen LogP contribution >= 0.6 is 0 Å². The highest BCUT2D eigenvalue weighted by atomic mass is 19.1. The van der Waals surface area contributed by atoms with Gasteiger partial charge >= 0.3 is 5.97 Å². The molecule has 2 aliphatic heterocycles. The van der Waals surface area contributed by atoms with Gasteiger partial charge in [0.2, 0.25) is 11.6 Å². The van der Waals surface area contributed by atoms with E-state index in [-0.39, 0.29) is 28.6 Å². The molecule has 1 fully saturated rings. The number of carbonyl (C=O) groups is 1. The van der Waals surface area contributed by atoms with Crippen LogP contribution < -0.4 is 20.1 Å². The lowest BCUT2D eigenvalue weighted by Crippen LogP contribution is -2.36. The van der Waals surface area contributed by atoms with Crippen molar-refractivity contribution in [1.29, 1.82) is 5.41 Å². The van der Waals surface area contributed by atoms with E-state index in [9.17, 15) is 19.4 Å². The second kappa shape index (κ2) is 10.8. The highest BCUT2D eigenvalue weighted by molar-refractivity contribution is 5.95. The predicted molar refractivity (Wildman–Crippen MR) is 142 cm³/mol. The molecule has 0 saturated carbocycles. The van der Waals surface area contributed by atoms with Gasteiger partial charge in [-0.15, -0.1) is 0 Å². The number of halogens is 2. The molecule has 11 nitrogen and oxygen atoms in total. The van der Waals surface area contributed by atoms with Gasteiger partial charge in [0.1, 0.15) is 23.8 Å². The average molecular weight is 553 g/mol. The second-order valence-corrected chi connectivity index (χ2v) is 9.41. The second-order valence-electron chi connectivity index (χ2n) is 9.41. The predicted octanol–water partition coefficient (Wildman–Crippen LogP) is 4.00. The first-order valence-corrected chi connectivity index (χ1v) is 12.4. The minimum atomic E-state index is -1.27. The normalized spacial score (nSPS) is 18.7. The molecule has 2 atom stereocenters. The zero-order chi connectivity index (χ0) is 28.6. The number of aromatic hydroxyl groups is 1. The Hall–Kier alpha value is -4.78. The van der Waals surface area contributed by atoms with Gasteiger partial charge < -0.3 is 30.3 Å². The number of carboxylic acids is 1. The highest BCUT2D eigenvalue weighted by Crippen LogP contribution is 2.41. The Morgan fingerprint density at radius 1 is 1.18 bits per heavy atom. The van der Waals surface area contributed by atoms with Gasteiger partial charge in [0, 0.05) is 36.1 Å². The molecule has 2 aliphatic rings. The van der Waals surface area contributed by atoms with Crippen LogP contribution in [0.2, 0.25) is 0 Å². The molecule has 3 aromatic rings. The van der Waals surface area contributed by atoms with E-state index in [2.05, 4.69) is 9.98 Å². The molecule has 0 spiro atoms. The van der Waals surface area contributed by atoms with Gasteiger partial charge in [-0.3, -0.25) is 15.3 Å². The summed E-state index contributed by atoms with van der Waals surface area (Å²) in [5.41, 5.74) is 6.79. The Labute approximate surface area is 227 Å². The minimum absolute atomic E-state index is 0.0992. The molecule has 5 N–H and O–H groups in total. The number of amidine groups is 1. The van der Waals surface area contributed by atoms with Crippen LogP contribution in [0.25, 0.3) is 0 Å². The third kappa shape index (κ3) is 5.10. The summed E-state index contributed by atoms with van der Waals surface area (Å²) in [6, 6.07) is 8.01. The van der Waals surface area contributed by atoms with Crippen molar-refractivity contribution in [1.82, 2.24) is 9.88 Å². The molecular weight excluding hydrogens is 526 g/mol. The number of aromatic nitrogens is 1. The first-order valence-electron chi connectivity index (χ1n) is 12.4. The fourth-order valence-electron chi connectivity index (χ4n) is 4.72. The lowest BCUT2D eigenvalue weighted by atomic mass is 10.1. The van der Waals surface area contributed by atoms with Crippen molar-refractivity contribution in [3.8, 4) is 28.9 Å². The van der Waals surface area contributed by atoms with E-state index in [1.165, 1.54) is 24.3 Å². The van der Waals surface area contributed by atoms with Crippen LogP contribution in [-0.4, -0.2) is 64.3 Å². The van der Waals surface area contributed by atoms with E-state index in [1.54, 1.807) is 23.2 Å². The molecule has 0 radical (unpaired) electrons. The number of phenols is 1. The Morgan fingerprint density at radius 3 is 2.67 bits per heavy atom. The third-order valence-electron chi connectivity index (χ3n) is 6.76. The topological polar surface area (TPSA) is 158 Å². The van der Waals surface area contributed by atoms with Crippen LogP contribution in [0, 0.1) is 17.0 Å². The molecule has 40 heavy (non-hydrogen) atoms. The number of ether oxygens (including phenoxy) is 2. The molecule has 0 aliphatic carbocycles. The number of nitrogen functional groups attached to an aromatic ring is 1. The summed E-state index contributed by atoms with van der Waals surface area (Å²) in [7, 11) is 1.82. The molecule has 3 heterocycles. The maximum absolute atomic E-state index is 15.5. The maximum Gasteiger partial charge on any atom is 0.326 e. The van der Waals surface area contributed by atoms with Crippen molar-refractivity contribution in [2.75, 3.05) is 25.0 Å². The number of carboxylic acid groups (broad SMARTS) is 1. The molecule has 0 bridgehead atoms. The standard InChI is InChI=1S/C27H26F2N6O5/c1-34-10-8-32-25(34)16-12-15(35-9-2-3-18(35)27(37)38)5-7-20(16)39-23-17(28)13-33-26(22(23)29)40-21-11-14(24(30)31)4-6-19(21)36/h4-8,11-13,18,25,36H,2-3,9-10H2,1H3,(H3,30,31)(H,37,38). The Morgan fingerprint density at radius 2 is 1.98 bits per heavy atom. The first kappa shape index (κ1) is 26.8. The van der Waals surface area contributed by atoms with Crippen LogP contribution in [0.5, 0.6) is 28.9 Å². The number of benzene rings is 2. The lowest BCUT2D eigenvalue weighted by Gasteiger charge is -2.27. The minimum Gasteiger partial charge on any atom is -0.504 e. The monoisotopic (exact) mass is 552 g/mol. The zero-order valence-corrected chi connectivity index (χ0v) is 21.3. The molecule has 5 rings (SSSR count). The van der Waals surface area contributed by atoms with Crippen molar-refractivity contribution >= 4 is 23.7 Å². The number of anilines is 1. The van der Waals surface area contributed by atoms with Crippen LogP contribution in [0.3, 0.4) is 0 Å². The fraction of sp³-hybridized carbons (Fsp3) is 0.259. The Balaban J connectivity index is 1.51. The number of aliphatic carboxylic acids is 1. The molecule has 1 aromatic heterocycles. The lowest BCUT2D eigenvalue weighted by molar-refractivity contribution is -0.138. The molecule has 2 unspecified atom stereocenters. The summed E-state index contributed by atoms with van der Waals surface area (Å²) in [5, 5.41) is 27.3. The molecular formula is C27H26F2N6O5. The maximum atomic E-state index is 15.5. The number of nitrogens with one attached hydrogen (secondary N) is 1. The number of nitrogens with two attached hydrogens (primary N) is 1. The van der Waals surface area contributed by atoms with Crippen molar-refractivity contribution in [2.24, 2.45) is 10.7 Å². The number of nitrogens with zero attached hydrogens (tertiary/aromatic N) is 4. The van der Waals surface area contributed by atoms with E-state index < -0.39 is 41.4 Å². The molecule has 0 amide bonds. The summed E-state index contributed by atoms with van der Waals surface area (Å²) < 4.78 is 41.6. The summed E-state index contributed by atoms with van der Waals surface area (Å²) >= 11 is 0. The zero-order valence-electron chi connectivity index (χ0n) is 21.3. The number of hydrogen-bond acceptors (Lipinski definition) is 9. The van der Waals surface area contributed by atoms with E-state index in [4.69, 9.17) is 20.6 Å². The molecule has 2 aromatic carbocycles. The van der Waals surface area contributed by atoms with Crippen molar-refractivity contribution < 1.29 is 33.3 Å². The molecule has 1 saturated heterocycles. The number of hydrogen-bond donors (Lipinski definition) is 4. The largest absolute Gasteiger partial charge is 0.504 e. The van der Waals surface area contributed by atoms with Crippen molar-refractivity contribution in [2.45, 2.75) is 25.0 Å². The number of pyridine rings is 1. The van der Waals surface area contributed by atoms with Gasteiger partial charge in [-0.2, -0.15) is 4.39 Å². The van der Waals surface area contributed by atoms with Crippen LogP contribution in [0.4, 0.5) is 14.5 Å². The van der Waals surface area contributed by atoms with Gasteiger partial charge in [0.05, 0.1) is 6.20 Å². The number of rotatable bonds is 8. The van der Waals surface area contributed by atoms with Crippen molar-refractivity contribution in [3.05, 3.63) is 65.4 Å². The van der Waals surface area contributed by atoms with E-state index >= 15 is 4.39 Å². The number of aliphatic imine (C=N–C) groups is 1. The van der Waals surface area contributed by atoms with Gasteiger partial charge in [0.25, 0.3) is 5.88 Å². The van der Waals surface area contributed by atoms with E-state index in [1.807, 2.05) is 11.9 Å². The SMILES string of the molecule is CN1CC=NC1c1cc(N2CCCC2C(=O)O)ccc1Oc1c(F)cnc(Oc2cc(C(=N)N)ccc2O)c1F. The van der Waals surface area contributed by atoms with Crippen LogP contribution in [0.1, 0.15) is 30.1 Å². The highest BCUT2D eigenvalue weighted by Gasteiger charge is 2.33. The number of phenolic OH excluding ortho intramolecular Hbond substituents is 1. The first-order chi connectivity index (χ1) is 19.1. The summed E-state index contributed by atoms with van der Waals surface area (Å²) in [6.45, 7) is 1.08. The van der Waals surface area contributed by atoms with Gasteiger partial charge in [-0.1, -0.05) is 0 Å². The average Bonchev–Trinajstić information content (AvgIpc) is 3.59. The molecule has 208 valence electrons. The smallest absolute Gasteiger partial charge is 0.326 e. The van der Waals surface area contributed by atoms with Gasteiger partial charge in [-0.05, 0) is 56.3 Å². The summed E-state index contributed by atoms with van der Waals surface area (Å²) in [4.78, 5) is 23.6. The fourth-order valence-corrected chi connectivity index (χ4v) is 4.72. The molecule has 13 heteroatoms. The van der Waals surface area contributed by atoms with Gasteiger partial charge in [0.15, 0.2) is 17.3 Å².